The lowest BCUT2D eigenvalue weighted by molar-refractivity contribution is -0.383. The highest BCUT2D eigenvalue weighted by atomic mass is 16.7. The standard InChI is InChI=1S/C18H13N5O6/c24-18(25)10-1-3-11(4-2-10)21-16-15(23(26)27)17(20-8-19-16)22-12-5-6-13-14(7-12)29-9-28-13/h1-8H,9H2,(H,24,25)(H2,19,20,21,22). The topological polar surface area (TPSA) is 149 Å². The van der Waals surface area contributed by atoms with E-state index in [0.717, 1.165) is 0 Å². The molecule has 3 N–H and O–H groups in total. The Morgan fingerprint density at radius 3 is 2.28 bits per heavy atom. The molecule has 0 saturated heterocycles. The number of hydrogen-bond acceptors (Lipinski definition) is 9. The summed E-state index contributed by atoms with van der Waals surface area (Å²) in [4.78, 5) is 29.9. The lowest BCUT2D eigenvalue weighted by Crippen LogP contribution is -2.05. The molecule has 1 aromatic heterocycles. The molecule has 1 aliphatic rings. The largest absolute Gasteiger partial charge is 0.478 e. The van der Waals surface area contributed by atoms with E-state index in [9.17, 15) is 14.9 Å². The Morgan fingerprint density at radius 1 is 1.00 bits per heavy atom. The zero-order chi connectivity index (χ0) is 20.4. The van der Waals surface area contributed by atoms with Crippen LogP contribution in [0, 0.1) is 10.1 Å². The van der Waals surface area contributed by atoms with E-state index in [1.807, 2.05) is 0 Å². The predicted molar refractivity (Wildman–Crippen MR) is 101 cm³/mol. The molecule has 4 rings (SSSR count). The third-order valence-electron chi connectivity index (χ3n) is 4.03. The van der Waals surface area contributed by atoms with Gasteiger partial charge in [0.05, 0.1) is 10.5 Å². The second kappa shape index (κ2) is 7.31. The first-order valence-corrected chi connectivity index (χ1v) is 8.28. The average molecular weight is 395 g/mol. The van der Waals surface area contributed by atoms with E-state index in [1.165, 1.54) is 30.6 Å². The average Bonchev–Trinajstić information content (AvgIpc) is 3.16. The molecule has 0 atom stereocenters. The number of nitro groups is 1. The molecule has 146 valence electrons. The highest BCUT2D eigenvalue weighted by Crippen LogP contribution is 2.37. The number of nitrogens with zero attached hydrogens (tertiary/aromatic N) is 3. The third-order valence-corrected chi connectivity index (χ3v) is 4.03. The van der Waals surface area contributed by atoms with Gasteiger partial charge in [-0.05, 0) is 36.4 Å². The highest BCUT2D eigenvalue weighted by molar-refractivity contribution is 5.88. The smallest absolute Gasteiger partial charge is 0.353 e. The van der Waals surface area contributed by atoms with E-state index in [0.29, 0.717) is 22.9 Å². The lowest BCUT2D eigenvalue weighted by atomic mass is 10.2. The van der Waals surface area contributed by atoms with Gasteiger partial charge in [0.15, 0.2) is 11.5 Å². The summed E-state index contributed by atoms with van der Waals surface area (Å²) in [5.74, 6) is -0.0342. The Hall–Kier alpha value is -4.41. The zero-order valence-corrected chi connectivity index (χ0v) is 14.7. The van der Waals surface area contributed by atoms with Crippen molar-refractivity contribution in [2.24, 2.45) is 0 Å². The van der Waals surface area contributed by atoms with Gasteiger partial charge in [-0.15, -0.1) is 0 Å². The summed E-state index contributed by atoms with van der Waals surface area (Å²) in [5, 5.41) is 26.3. The van der Waals surface area contributed by atoms with E-state index in [4.69, 9.17) is 14.6 Å². The van der Waals surface area contributed by atoms with Gasteiger partial charge >= 0.3 is 11.7 Å². The molecule has 2 heterocycles. The van der Waals surface area contributed by atoms with Crippen molar-refractivity contribution in [2.45, 2.75) is 0 Å². The fraction of sp³-hybridized carbons (Fsp3) is 0.0556. The van der Waals surface area contributed by atoms with Crippen molar-refractivity contribution in [3.63, 3.8) is 0 Å². The van der Waals surface area contributed by atoms with Gasteiger partial charge in [0.25, 0.3) is 0 Å². The second-order valence-electron chi connectivity index (χ2n) is 5.88. The molecular formula is C18H13N5O6. The van der Waals surface area contributed by atoms with E-state index < -0.39 is 10.9 Å². The van der Waals surface area contributed by atoms with Crippen LogP contribution in [0.2, 0.25) is 0 Å². The summed E-state index contributed by atoms with van der Waals surface area (Å²) in [5.41, 5.74) is 0.684. The maximum Gasteiger partial charge on any atom is 0.353 e. The Balaban J connectivity index is 1.63. The summed E-state index contributed by atoms with van der Waals surface area (Å²) in [6.45, 7) is 0.112. The van der Waals surface area contributed by atoms with Crippen LogP contribution in [0.4, 0.5) is 28.7 Å². The number of carboxylic acid groups (broad SMARTS) is 1. The summed E-state index contributed by atoms with van der Waals surface area (Å²) >= 11 is 0. The van der Waals surface area contributed by atoms with Crippen molar-refractivity contribution in [1.82, 2.24) is 9.97 Å². The van der Waals surface area contributed by atoms with Crippen molar-refractivity contribution in [3.8, 4) is 11.5 Å². The molecule has 3 aromatic rings. The predicted octanol–water partition coefficient (Wildman–Crippen LogP) is 3.30. The number of anilines is 4. The van der Waals surface area contributed by atoms with Gasteiger partial charge in [0.2, 0.25) is 18.4 Å². The van der Waals surface area contributed by atoms with Gasteiger partial charge in [-0.1, -0.05) is 0 Å². The van der Waals surface area contributed by atoms with Gasteiger partial charge in [-0.3, -0.25) is 10.1 Å². The first-order chi connectivity index (χ1) is 14.0. The SMILES string of the molecule is O=C(O)c1ccc(Nc2ncnc(Nc3ccc4c(c3)OCO4)c2[N+](=O)[O-])cc1. The molecule has 1 aliphatic heterocycles. The minimum Gasteiger partial charge on any atom is -0.478 e. The van der Waals surface area contributed by atoms with E-state index in [-0.39, 0.29) is 29.7 Å². The Kier molecular flexibility index (Phi) is 4.53. The molecule has 11 nitrogen and oxygen atoms in total. The number of rotatable bonds is 6. The number of nitrogens with one attached hydrogen (secondary N) is 2. The molecule has 2 aromatic carbocycles. The number of benzene rings is 2. The molecule has 0 radical (unpaired) electrons. The quantitative estimate of drug-likeness (QED) is 0.419. The summed E-state index contributed by atoms with van der Waals surface area (Å²) in [6.07, 6.45) is 1.18. The fourth-order valence-electron chi connectivity index (χ4n) is 2.68. The number of aromatic nitrogens is 2. The Morgan fingerprint density at radius 2 is 1.62 bits per heavy atom. The maximum atomic E-state index is 11.7. The van der Waals surface area contributed by atoms with Crippen molar-refractivity contribution >= 4 is 34.7 Å². The van der Waals surface area contributed by atoms with Gasteiger partial charge in [-0.25, -0.2) is 14.8 Å². The monoisotopic (exact) mass is 395 g/mol. The van der Waals surface area contributed by atoms with Gasteiger partial charge in [0, 0.05) is 17.4 Å². The second-order valence-corrected chi connectivity index (χ2v) is 5.88. The van der Waals surface area contributed by atoms with Crippen molar-refractivity contribution < 1.29 is 24.3 Å². The molecular weight excluding hydrogens is 382 g/mol. The maximum absolute atomic E-state index is 11.7. The summed E-state index contributed by atoms with van der Waals surface area (Å²) in [7, 11) is 0. The minimum absolute atomic E-state index is 0.0199. The van der Waals surface area contributed by atoms with E-state index in [1.54, 1.807) is 18.2 Å². The number of fused-ring (bicyclic) bond motifs is 1. The molecule has 0 saturated carbocycles. The van der Waals surface area contributed by atoms with Crippen LogP contribution in [0.15, 0.2) is 48.8 Å². The lowest BCUT2D eigenvalue weighted by Gasteiger charge is -2.10. The molecule has 11 heteroatoms. The van der Waals surface area contributed by atoms with Gasteiger partial charge < -0.3 is 25.2 Å². The molecule has 0 unspecified atom stereocenters. The third kappa shape index (κ3) is 3.69. The van der Waals surface area contributed by atoms with Gasteiger partial charge in [-0.2, -0.15) is 0 Å². The van der Waals surface area contributed by atoms with Crippen LogP contribution in [0.5, 0.6) is 11.5 Å². The molecule has 0 amide bonds. The summed E-state index contributed by atoms with van der Waals surface area (Å²) < 4.78 is 10.5. The van der Waals surface area contributed by atoms with Crippen LogP contribution < -0.4 is 20.1 Å². The number of carboxylic acids is 1. The molecule has 29 heavy (non-hydrogen) atoms. The zero-order valence-electron chi connectivity index (χ0n) is 14.7. The normalized spacial score (nSPS) is 11.7. The first kappa shape index (κ1) is 18.0. The molecule has 0 fully saturated rings. The molecule has 0 bridgehead atoms. The van der Waals surface area contributed by atoms with Crippen LogP contribution in [0.1, 0.15) is 10.4 Å². The van der Waals surface area contributed by atoms with Gasteiger partial charge in [0.1, 0.15) is 6.33 Å². The number of hydrogen-bond donors (Lipinski definition) is 3. The molecule has 0 aliphatic carbocycles. The minimum atomic E-state index is -1.07. The fourth-order valence-corrected chi connectivity index (χ4v) is 2.68. The van der Waals surface area contributed by atoms with Crippen LogP contribution in [0.3, 0.4) is 0 Å². The van der Waals surface area contributed by atoms with Crippen molar-refractivity contribution in [3.05, 3.63) is 64.5 Å². The highest BCUT2D eigenvalue weighted by Gasteiger charge is 2.24. The number of carbonyl (C=O) groups is 1. The number of aromatic carboxylic acids is 1. The summed E-state index contributed by atoms with van der Waals surface area (Å²) in [6, 6.07) is 10.7. The Labute approximate surface area is 163 Å². The van der Waals surface area contributed by atoms with Crippen LogP contribution in [0.25, 0.3) is 0 Å². The number of ether oxygens (including phenoxy) is 2. The van der Waals surface area contributed by atoms with E-state index >= 15 is 0 Å². The van der Waals surface area contributed by atoms with Crippen molar-refractivity contribution in [2.75, 3.05) is 17.4 Å². The van der Waals surface area contributed by atoms with Crippen LogP contribution >= 0.6 is 0 Å². The first-order valence-electron chi connectivity index (χ1n) is 8.28. The van der Waals surface area contributed by atoms with Crippen LogP contribution in [-0.2, 0) is 0 Å². The van der Waals surface area contributed by atoms with E-state index in [2.05, 4.69) is 20.6 Å². The molecule has 0 spiro atoms. The van der Waals surface area contributed by atoms with Crippen molar-refractivity contribution in [1.29, 1.82) is 0 Å². The Bertz CT molecular complexity index is 1100. The van der Waals surface area contributed by atoms with Crippen LogP contribution in [-0.4, -0.2) is 32.8 Å².